The van der Waals surface area contributed by atoms with Crippen molar-refractivity contribution in [3.8, 4) is 6.07 Å². The number of hydrogen-bond acceptors (Lipinski definition) is 4. The molecule has 0 fully saturated rings. The molecule has 0 radical (unpaired) electrons. The van der Waals surface area contributed by atoms with Crippen LogP contribution in [0, 0.1) is 18.3 Å². The van der Waals surface area contributed by atoms with Gasteiger partial charge in [0.1, 0.15) is 5.84 Å². The van der Waals surface area contributed by atoms with Crippen LogP contribution in [0.4, 0.5) is 0 Å². The molecule has 108 valence electrons. The van der Waals surface area contributed by atoms with Gasteiger partial charge in [-0.2, -0.15) is 5.26 Å². The van der Waals surface area contributed by atoms with Gasteiger partial charge in [-0.15, -0.1) is 0 Å². The molecule has 1 aromatic carbocycles. The highest BCUT2D eigenvalue weighted by Gasteiger charge is 2.18. The van der Waals surface area contributed by atoms with Gasteiger partial charge in [0.2, 0.25) is 0 Å². The van der Waals surface area contributed by atoms with Crippen LogP contribution in [0.25, 0.3) is 5.70 Å². The van der Waals surface area contributed by atoms with Crippen molar-refractivity contribution in [2.24, 2.45) is 10.7 Å². The molecular formula is C17H20N4. The fourth-order valence-electron chi connectivity index (χ4n) is 2.31. The normalized spacial score (nSPS) is 21.1. The van der Waals surface area contributed by atoms with E-state index in [4.69, 9.17) is 11.0 Å². The number of dihydropyridines is 1. The Morgan fingerprint density at radius 1 is 1.43 bits per heavy atom. The Bertz CT molecular complexity index is 677. The van der Waals surface area contributed by atoms with Crippen molar-refractivity contribution < 1.29 is 0 Å². The number of benzene rings is 1. The lowest BCUT2D eigenvalue weighted by molar-refractivity contribution is 0.639. The van der Waals surface area contributed by atoms with Crippen molar-refractivity contribution in [1.82, 2.24) is 5.32 Å². The summed E-state index contributed by atoms with van der Waals surface area (Å²) in [6, 6.07) is 7.69. The van der Waals surface area contributed by atoms with E-state index in [2.05, 4.69) is 23.0 Å². The van der Waals surface area contributed by atoms with Crippen molar-refractivity contribution in [1.29, 1.82) is 5.26 Å². The molecule has 4 heteroatoms. The minimum atomic E-state index is -0.0412. The van der Waals surface area contributed by atoms with Gasteiger partial charge in [-0.25, -0.2) is 0 Å². The van der Waals surface area contributed by atoms with Crippen LogP contribution in [0.1, 0.15) is 30.5 Å². The number of nitriles is 1. The Hall–Kier alpha value is -2.38. The van der Waals surface area contributed by atoms with Gasteiger partial charge in [-0.3, -0.25) is 4.99 Å². The van der Waals surface area contributed by atoms with E-state index in [1.54, 1.807) is 6.07 Å². The molecule has 0 aliphatic carbocycles. The number of aliphatic imine (C=N–C) groups is 1. The van der Waals surface area contributed by atoms with E-state index in [0.29, 0.717) is 5.56 Å². The Morgan fingerprint density at radius 2 is 2.14 bits per heavy atom. The van der Waals surface area contributed by atoms with Gasteiger partial charge in [0.15, 0.2) is 0 Å². The second-order valence-corrected chi connectivity index (χ2v) is 5.39. The van der Waals surface area contributed by atoms with Crippen LogP contribution in [0.3, 0.4) is 0 Å². The van der Waals surface area contributed by atoms with Gasteiger partial charge in [0, 0.05) is 17.3 Å². The summed E-state index contributed by atoms with van der Waals surface area (Å²) in [6.07, 6.45) is 2.01. The van der Waals surface area contributed by atoms with Crippen molar-refractivity contribution in [3.63, 3.8) is 0 Å². The summed E-state index contributed by atoms with van der Waals surface area (Å²) >= 11 is 0. The van der Waals surface area contributed by atoms with Crippen molar-refractivity contribution in [2.75, 3.05) is 0 Å². The molecule has 1 aliphatic rings. The predicted octanol–water partition coefficient (Wildman–Crippen LogP) is 2.50. The predicted molar refractivity (Wildman–Crippen MR) is 86.7 cm³/mol. The molecule has 2 rings (SSSR count). The molecule has 1 aromatic rings. The van der Waals surface area contributed by atoms with E-state index < -0.39 is 0 Å². The molecule has 1 heterocycles. The van der Waals surface area contributed by atoms with Crippen LogP contribution in [0.2, 0.25) is 0 Å². The number of nitrogens with zero attached hydrogens (tertiary/aromatic N) is 2. The van der Waals surface area contributed by atoms with E-state index in [9.17, 15) is 0 Å². The van der Waals surface area contributed by atoms with Crippen LogP contribution >= 0.6 is 0 Å². The summed E-state index contributed by atoms with van der Waals surface area (Å²) in [5, 5.41) is 12.2. The zero-order chi connectivity index (χ0) is 15.6. The molecule has 0 bridgehead atoms. The summed E-state index contributed by atoms with van der Waals surface area (Å²) in [5.74, 6) is 0.804. The Morgan fingerprint density at radius 3 is 2.76 bits per heavy atom. The number of aryl methyl sites for hydroxylation is 1. The highest BCUT2D eigenvalue weighted by Crippen LogP contribution is 2.19. The van der Waals surface area contributed by atoms with Crippen LogP contribution in [0.5, 0.6) is 0 Å². The van der Waals surface area contributed by atoms with Crippen LogP contribution < -0.4 is 11.1 Å². The van der Waals surface area contributed by atoms with Gasteiger partial charge < -0.3 is 11.1 Å². The minimum Gasteiger partial charge on any atom is -0.340 e. The number of rotatable bonds is 2. The zero-order valence-electron chi connectivity index (χ0n) is 12.6. The number of amidine groups is 1. The van der Waals surface area contributed by atoms with E-state index in [0.717, 1.165) is 28.2 Å². The minimum absolute atomic E-state index is 0.0412. The number of nitrogens with two attached hydrogens (primary N) is 1. The van der Waals surface area contributed by atoms with Crippen LogP contribution in [-0.4, -0.2) is 17.9 Å². The zero-order valence-corrected chi connectivity index (χ0v) is 12.6. The lowest BCUT2D eigenvalue weighted by Gasteiger charge is -2.23. The van der Waals surface area contributed by atoms with Crippen LogP contribution in [0.15, 0.2) is 41.4 Å². The summed E-state index contributed by atoms with van der Waals surface area (Å²) in [5.41, 5.74) is 10.4. The Balaban J connectivity index is 2.21. The smallest absolute Gasteiger partial charge is 0.128 e. The fraction of sp³-hybridized carbons (Fsp3) is 0.294. The van der Waals surface area contributed by atoms with E-state index >= 15 is 0 Å². The lowest BCUT2D eigenvalue weighted by Crippen LogP contribution is -2.37. The highest BCUT2D eigenvalue weighted by molar-refractivity contribution is 6.03. The van der Waals surface area contributed by atoms with Gasteiger partial charge >= 0.3 is 0 Å². The first-order valence-corrected chi connectivity index (χ1v) is 6.91. The topological polar surface area (TPSA) is 74.2 Å². The molecule has 0 saturated carbocycles. The van der Waals surface area contributed by atoms with E-state index in [-0.39, 0.29) is 12.1 Å². The first kappa shape index (κ1) is 15.0. The summed E-state index contributed by atoms with van der Waals surface area (Å²) in [7, 11) is 0. The maximum absolute atomic E-state index is 8.91. The maximum Gasteiger partial charge on any atom is 0.128 e. The summed E-state index contributed by atoms with van der Waals surface area (Å²) in [6.45, 7) is 10.0. The molecule has 1 aliphatic heterocycles. The molecular weight excluding hydrogens is 260 g/mol. The lowest BCUT2D eigenvalue weighted by atomic mass is 10.0. The van der Waals surface area contributed by atoms with Gasteiger partial charge in [0.05, 0.1) is 17.7 Å². The molecule has 1 unspecified atom stereocenters. The van der Waals surface area contributed by atoms with Crippen LogP contribution in [-0.2, 0) is 0 Å². The Labute approximate surface area is 125 Å². The van der Waals surface area contributed by atoms with Gasteiger partial charge in [0.25, 0.3) is 0 Å². The molecule has 0 aromatic heterocycles. The molecule has 21 heavy (non-hydrogen) atoms. The quantitative estimate of drug-likeness (QED) is 0.874. The average Bonchev–Trinajstić information content (AvgIpc) is 2.44. The largest absolute Gasteiger partial charge is 0.340 e. The maximum atomic E-state index is 8.91. The SMILES string of the molecule is C=C(NC1=N[C@H](C)C(N)C=C1C)c1ccc(C#N)cc1C. The second-order valence-electron chi connectivity index (χ2n) is 5.39. The Kier molecular flexibility index (Phi) is 4.25. The highest BCUT2D eigenvalue weighted by atomic mass is 15.0. The molecule has 0 saturated heterocycles. The second kappa shape index (κ2) is 5.94. The van der Waals surface area contributed by atoms with Crippen molar-refractivity contribution in [2.45, 2.75) is 32.9 Å². The van der Waals surface area contributed by atoms with Gasteiger partial charge in [-0.1, -0.05) is 18.7 Å². The number of nitrogens with one attached hydrogen (secondary N) is 1. The first-order chi connectivity index (χ1) is 9.92. The standard InChI is InChI=1S/C17H20N4/c1-10-7-14(9-18)5-6-15(10)12(3)20-17-11(2)8-16(19)13(4)21-17/h5-8,13,16H,3,19H2,1-2,4H3,(H,20,21)/t13-,16?/m1/s1. The molecule has 0 amide bonds. The van der Waals surface area contributed by atoms with Crippen molar-refractivity contribution >= 4 is 11.5 Å². The average molecular weight is 280 g/mol. The molecule has 0 spiro atoms. The van der Waals surface area contributed by atoms with Crippen molar-refractivity contribution in [3.05, 3.63) is 53.1 Å². The molecule has 4 nitrogen and oxygen atoms in total. The molecule has 3 N–H and O–H groups in total. The fourth-order valence-corrected chi connectivity index (χ4v) is 2.31. The van der Waals surface area contributed by atoms with E-state index in [1.165, 1.54) is 0 Å². The first-order valence-electron chi connectivity index (χ1n) is 6.91. The third-order valence-electron chi connectivity index (χ3n) is 3.66. The van der Waals surface area contributed by atoms with Gasteiger partial charge in [-0.05, 0) is 44.0 Å². The third kappa shape index (κ3) is 3.21. The monoisotopic (exact) mass is 280 g/mol. The van der Waals surface area contributed by atoms with E-state index in [1.807, 2.05) is 39.0 Å². The third-order valence-corrected chi connectivity index (χ3v) is 3.66. The summed E-state index contributed by atoms with van der Waals surface area (Å²) in [4.78, 5) is 4.57. The number of hydrogen-bond donors (Lipinski definition) is 2. The summed E-state index contributed by atoms with van der Waals surface area (Å²) < 4.78 is 0. The molecule has 2 atom stereocenters.